The highest BCUT2D eigenvalue weighted by atomic mass is 32.2. The van der Waals surface area contributed by atoms with E-state index < -0.39 is 16.0 Å². The molecule has 1 saturated heterocycles. The first kappa shape index (κ1) is 15.0. The minimum Gasteiger partial charge on any atom is -0.478 e. The van der Waals surface area contributed by atoms with E-state index in [2.05, 4.69) is 0 Å². The van der Waals surface area contributed by atoms with Crippen molar-refractivity contribution in [2.24, 2.45) is 0 Å². The van der Waals surface area contributed by atoms with Crippen LogP contribution in [0.3, 0.4) is 0 Å². The fourth-order valence-corrected chi connectivity index (χ4v) is 3.87. The molecule has 0 amide bonds. The zero-order valence-electron chi connectivity index (χ0n) is 11.3. The lowest BCUT2D eigenvalue weighted by Crippen LogP contribution is -2.50. The summed E-state index contributed by atoms with van der Waals surface area (Å²) >= 11 is 0. The van der Waals surface area contributed by atoms with Gasteiger partial charge in [-0.3, -0.25) is 0 Å². The molecule has 20 heavy (non-hydrogen) atoms. The number of nitrogens with zero attached hydrogens (tertiary/aromatic N) is 1. The Kier molecular flexibility index (Phi) is 4.12. The van der Waals surface area contributed by atoms with Crippen molar-refractivity contribution in [2.45, 2.75) is 30.9 Å². The standard InChI is InChI=1S/C13H17NO5S/c1-9-8-19-10(2)7-14(9)20(17,18)12-5-3-4-11(6-12)13(15)16/h3-6,9-10H,7-8H2,1-2H3,(H,15,16)/t9-,10-/m0/s1. The zero-order chi connectivity index (χ0) is 14.9. The summed E-state index contributed by atoms with van der Waals surface area (Å²) in [4.78, 5) is 10.9. The van der Waals surface area contributed by atoms with Crippen LogP contribution in [-0.2, 0) is 14.8 Å². The molecule has 7 heteroatoms. The third-order valence-corrected chi connectivity index (χ3v) is 5.21. The highest BCUT2D eigenvalue weighted by Gasteiger charge is 2.34. The Bertz CT molecular complexity index is 613. The molecular weight excluding hydrogens is 282 g/mol. The molecule has 1 heterocycles. The van der Waals surface area contributed by atoms with Crippen molar-refractivity contribution in [3.05, 3.63) is 29.8 Å². The fraction of sp³-hybridized carbons (Fsp3) is 0.462. The first-order valence-corrected chi connectivity index (χ1v) is 7.73. The minimum absolute atomic E-state index is 0.00153. The van der Waals surface area contributed by atoms with Crippen LogP contribution in [0, 0.1) is 0 Å². The average Bonchev–Trinajstić information content (AvgIpc) is 2.41. The Balaban J connectivity index is 2.39. The Labute approximate surface area is 118 Å². The fourth-order valence-electron chi connectivity index (χ4n) is 2.13. The summed E-state index contributed by atoms with van der Waals surface area (Å²) in [5.41, 5.74) is -0.0416. The number of carboxylic acid groups (broad SMARTS) is 1. The lowest BCUT2D eigenvalue weighted by molar-refractivity contribution is -0.0170. The summed E-state index contributed by atoms with van der Waals surface area (Å²) < 4.78 is 32.0. The van der Waals surface area contributed by atoms with Gasteiger partial charge >= 0.3 is 5.97 Å². The first-order valence-electron chi connectivity index (χ1n) is 6.29. The number of rotatable bonds is 3. The predicted molar refractivity (Wildman–Crippen MR) is 72.2 cm³/mol. The van der Waals surface area contributed by atoms with E-state index in [1.165, 1.54) is 28.6 Å². The number of hydrogen-bond acceptors (Lipinski definition) is 4. The molecule has 0 aromatic heterocycles. The number of carboxylic acids is 1. The topological polar surface area (TPSA) is 83.9 Å². The lowest BCUT2D eigenvalue weighted by Gasteiger charge is -2.35. The second-order valence-corrected chi connectivity index (χ2v) is 6.79. The van der Waals surface area contributed by atoms with Crippen LogP contribution < -0.4 is 0 Å². The molecule has 0 bridgehead atoms. The summed E-state index contributed by atoms with van der Waals surface area (Å²) in [5.74, 6) is -1.15. The Hall–Kier alpha value is -1.44. The number of aromatic carboxylic acids is 1. The molecule has 110 valence electrons. The van der Waals surface area contributed by atoms with Gasteiger partial charge in [-0.05, 0) is 32.0 Å². The molecule has 1 aromatic carbocycles. The number of sulfonamides is 1. The van der Waals surface area contributed by atoms with E-state index in [-0.39, 0.29) is 29.1 Å². The van der Waals surface area contributed by atoms with Crippen LogP contribution >= 0.6 is 0 Å². The van der Waals surface area contributed by atoms with Crippen molar-refractivity contribution in [1.82, 2.24) is 4.31 Å². The third-order valence-electron chi connectivity index (χ3n) is 3.24. The summed E-state index contributed by atoms with van der Waals surface area (Å²) in [6.07, 6.45) is -0.177. The second-order valence-electron chi connectivity index (χ2n) is 4.90. The number of ether oxygens (including phenoxy) is 1. The van der Waals surface area contributed by atoms with Gasteiger partial charge in [-0.1, -0.05) is 6.07 Å². The van der Waals surface area contributed by atoms with Gasteiger partial charge in [-0.2, -0.15) is 4.31 Å². The summed E-state index contributed by atoms with van der Waals surface area (Å²) in [7, 11) is -3.71. The molecule has 1 fully saturated rings. The molecule has 1 N–H and O–H groups in total. The van der Waals surface area contributed by atoms with Crippen LogP contribution in [0.25, 0.3) is 0 Å². The molecule has 0 spiro atoms. The number of morpholine rings is 1. The second kappa shape index (κ2) is 5.51. The van der Waals surface area contributed by atoms with Crippen molar-refractivity contribution < 1.29 is 23.1 Å². The summed E-state index contributed by atoms with van der Waals surface area (Å²) in [5, 5.41) is 8.95. The predicted octanol–water partition coefficient (Wildman–Crippen LogP) is 1.18. The third kappa shape index (κ3) is 2.84. The van der Waals surface area contributed by atoms with Crippen LogP contribution in [0.4, 0.5) is 0 Å². The molecule has 1 aliphatic heterocycles. The molecule has 0 aliphatic carbocycles. The van der Waals surface area contributed by atoms with Gasteiger partial charge in [0.15, 0.2) is 0 Å². The van der Waals surface area contributed by atoms with Gasteiger partial charge < -0.3 is 9.84 Å². The molecule has 0 unspecified atom stereocenters. The first-order chi connectivity index (χ1) is 9.32. The SMILES string of the molecule is C[C@H]1CN(S(=O)(=O)c2cccc(C(=O)O)c2)[C@@H](C)CO1. The Morgan fingerprint density at radius 2 is 2.10 bits per heavy atom. The van der Waals surface area contributed by atoms with Crippen LogP contribution in [0.5, 0.6) is 0 Å². The van der Waals surface area contributed by atoms with E-state index >= 15 is 0 Å². The largest absolute Gasteiger partial charge is 0.478 e. The molecular formula is C13H17NO5S. The molecule has 2 rings (SSSR count). The van der Waals surface area contributed by atoms with Gasteiger partial charge in [0.05, 0.1) is 23.2 Å². The van der Waals surface area contributed by atoms with Gasteiger partial charge in [-0.15, -0.1) is 0 Å². The molecule has 0 saturated carbocycles. The highest BCUT2D eigenvalue weighted by Crippen LogP contribution is 2.23. The van der Waals surface area contributed by atoms with Crippen LogP contribution in [0.15, 0.2) is 29.2 Å². The van der Waals surface area contributed by atoms with E-state index in [4.69, 9.17) is 9.84 Å². The average molecular weight is 299 g/mol. The maximum Gasteiger partial charge on any atom is 0.335 e. The lowest BCUT2D eigenvalue weighted by atomic mass is 10.2. The van der Waals surface area contributed by atoms with Gasteiger partial charge in [0.1, 0.15) is 0 Å². The summed E-state index contributed by atoms with van der Waals surface area (Å²) in [6.45, 7) is 4.17. The monoisotopic (exact) mass is 299 g/mol. The number of hydrogen-bond donors (Lipinski definition) is 1. The molecule has 1 aliphatic rings. The van der Waals surface area contributed by atoms with Gasteiger partial charge in [0.25, 0.3) is 0 Å². The smallest absolute Gasteiger partial charge is 0.335 e. The van der Waals surface area contributed by atoms with E-state index in [1.54, 1.807) is 6.92 Å². The quantitative estimate of drug-likeness (QED) is 0.906. The normalized spacial score (nSPS) is 24.5. The molecule has 2 atom stereocenters. The van der Waals surface area contributed by atoms with Crippen molar-refractivity contribution >= 4 is 16.0 Å². The highest BCUT2D eigenvalue weighted by molar-refractivity contribution is 7.89. The van der Waals surface area contributed by atoms with Crippen LogP contribution in [0.2, 0.25) is 0 Å². The van der Waals surface area contributed by atoms with Crippen molar-refractivity contribution in [1.29, 1.82) is 0 Å². The molecule has 1 aromatic rings. The maximum atomic E-state index is 12.6. The zero-order valence-corrected chi connectivity index (χ0v) is 12.1. The number of benzene rings is 1. The van der Waals surface area contributed by atoms with E-state index in [1.807, 2.05) is 6.92 Å². The number of carbonyl (C=O) groups is 1. The maximum absolute atomic E-state index is 12.6. The molecule has 0 radical (unpaired) electrons. The minimum atomic E-state index is -3.71. The Morgan fingerprint density at radius 3 is 2.75 bits per heavy atom. The van der Waals surface area contributed by atoms with Crippen LogP contribution in [-0.4, -0.2) is 49.1 Å². The van der Waals surface area contributed by atoms with Crippen molar-refractivity contribution in [3.63, 3.8) is 0 Å². The molecule has 6 nitrogen and oxygen atoms in total. The van der Waals surface area contributed by atoms with Gasteiger partial charge in [0.2, 0.25) is 10.0 Å². The summed E-state index contributed by atoms with van der Waals surface area (Å²) in [6, 6.07) is 5.13. The van der Waals surface area contributed by atoms with Crippen molar-refractivity contribution in [2.75, 3.05) is 13.2 Å². The Morgan fingerprint density at radius 1 is 1.40 bits per heavy atom. The van der Waals surface area contributed by atoms with Gasteiger partial charge in [-0.25, -0.2) is 13.2 Å². The van der Waals surface area contributed by atoms with E-state index in [0.29, 0.717) is 6.61 Å². The van der Waals surface area contributed by atoms with Gasteiger partial charge in [0, 0.05) is 12.6 Å². The van der Waals surface area contributed by atoms with Crippen molar-refractivity contribution in [3.8, 4) is 0 Å². The van der Waals surface area contributed by atoms with E-state index in [0.717, 1.165) is 0 Å². The van der Waals surface area contributed by atoms with E-state index in [9.17, 15) is 13.2 Å². The van der Waals surface area contributed by atoms with Crippen LogP contribution in [0.1, 0.15) is 24.2 Å².